The molecule has 7 heteroatoms. The summed E-state index contributed by atoms with van der Waals surface area (Å²) in [5.74, 6) is 1.35. The van der Waals surface area contributed by atoms with Gasteiger partial charge < -0.3 is 37.5 Å². The van der Waals surface area contributed by atoms with E-state index in [1.165, 1.54) is 0 Å². The van der Waals surface area contributed by atoms with Crippen LogP contribution in [0.5, 0.6) is 11.5 Å². The number of nitrogens with two attached hydrogens (primary N) is 4. The molecule has 0 bridgehead atoms. The SMILES string of the molecule is Nc1ccc(N(c2ccc(N)cc2)c2ccc(N3c4ccc(N)cc4Oc4cc(N)ccc43)cc2)cc1. The molecule has 5 aromatic carbocycles. The molecule has 0 fully saturated rings. The van der Waals surface area contributed by atoms with Gasteiger partial charge in [-0.05, 0) is 97.1 Å². The summed E-state index contributed by atoms with van der Waals surface area (Å²) >= 11 is 0. The van der Waals surface area contributed by atoms with Crippen LogP contribution in [0, 0.1) is 0 Å². The van der Waals surface area contributed by atoms with Gasteiger partial charge in [-0.25, -0.2) is 0 Å². The molecule has 7 nitrogen and oxygen atoms in total. The lowest BCUT2D eigenvalue weighted by Gasteiger charge is -2.33. The summed E-state index contributed by atoms with van der Waals surface area (Å²) in [6.07, 6.45) is 0. The van der Waals surface area contributed by atoms with Crippen molar-refractivity contribution in [3.05, 3.63) is 109 Å². The van der Waals surface area contributed by atoms with E-state index in [1.807, 2.05) is 84.9 Å². The molecule has 1 aliphatic heterocycles. The topological polar surface area (TPSA) is 120 Å². The van der Waals surface area contributed by atoms with Gasteiger partial charge in [0.1, 0.15) is 0 Å². The molecule has 0 amide bonds. The highest BCUT2D eigenvalue weighted by atomic mass is 16.5. The van der Waals surface area contributed by atoms with Gasteiger partial charge in [0, 0.05) is 57.6 Å². The summed E-state index contributed by atoms with van der Waals surface area (Å²) in [6, 6.07) is 35.3. The van der Waals surface area contributed by atoms with Gasteiger partial charge in [0.05, 0.1) is 11.4 Å². The Hall–Kier alpha value is -5.30. The van der Waals surface area contributed by atoms with E-state index < -0.39 is 0 Å². The Morgan fingerprint density at radius 1 is 0.459 bits per heavy atom. The summed E-state index contributed by atoms with van der Waals surface area (Å²) in [7, 11) is 0. The molecule has 0 radical (unpaired) electrons. The van der Waals surface area contributed by atoms with Gasteiger partial charge in [0.25, 0.3) is 0 Å². The molecule has 1 heterocycles. The normalized spacial score (nSPS) is 11.8. The van der Waals surface area contributed by atoms with E-state index in [-0.39, 0.29) is 0 Å². The van der Waals surface area contributed by atoms with Crippen LogP contribution in [0.3, 0.4) is 0 Å². The van der Waals surface area contributed by atoms with Crippen molar-refractivity contribution in [1.29, 1.82) is 0 Å². The summed E-state index contributed by atoms with van der Waals surface area (Å²) in [5, 5.41) is 0. The molecule has 0 aliphatic carbocycles. The third-order valence-corrected chi connectivity index (χ3v) is 6.34. The molecular weight excluding hydrogens is 460 g/mol. The number of fused-ring (bicyclic) bond motifs is 2. The van der Waals surface area contributed by atoms with Crippen LogP contribution >= 0.6 is 0 Å². The van der Waals surface area contributed by atoms with Gasteiger partial charge in [-0.15, -0.1) is 0 Å². The van der Waals surface area contributed by atoms with Gasteiger partial charge in [-0.1, -0.05) is 0 Å². The largest absolute Gasteiger partial charge is 0.453 e. The first kappa shape index (κ1) is 22.2. The maximum Gasteiger partial charge on any atom is 0.153 e. The quantitative estimate of drug-likeness (QED) is 0.197. The molecule has 0 atom stereocenters. The Labute approximate surface area is 215 Å². The zero-order valence-electron chi connectivity index (χ0n) is 20.0. The summed E-state index contributed by atoms with van der Waals surface area (Å²) < 4.78 is 6.16. The minimum Gasteiger partial charge on any atom is -0.453 e. The number of benzene rings is 5. The van der Waals surface area contributed by atoms with Crippen LogP contribution in [-0.2, 0) is 0 Å². The smallest absolute Gasteiger partial charge is 0.153 e. The van der Waals surface area contributed by atoms with E-state index in [0.717, 1.165) is 34.1 Å². The van der Waals surface area contributed by atoms with Crippen molar-refractivity contribution >= 4 is 56.9 Å². The van der Waals surface area contributed by atoms with Crippen LogP contribution in [0.15, 0.2) is 109 Å². The number of hydrogen-bond acceptors (Lipinski definition) is 7. The second-order valence-corrected chi connectivity index (χ2v) is 8.93. The van der Waals surface area contributed by atoms with Crippen molar-refractivity contribution < 1.29 is 4.74 Å². The Morgan fingerprint density at radius 3 is 1.27 bits per heavy atom. The fourth-order valence-electron chi connectivity index (χ4n) is 4.57. The van der Waals surface area contributed by atoms with Gasteiger partial charge >= 0.3 is 0 Å². The Morgan fingerprint density at radius 2 is 0.838 bits per heavy atom. The number of anilines is 10. The maximum absolute atomic E-state index is 6.16. The summed E-state index contributed by atoms with van der Waals surface area (Å²) in [6.45, 7) is 0. The summed E-state index contributed by atoms with van der Waals surface area (Å²) in [5.41, 5.74) is 32.4. The first-order chi connectivity index (χ1) is 18.0. The van der Waals surface area contributed by atoms with Crippen molar-refractivity contribution in [2.24, 2.45) is 0 Å². The predicted molar refractivity (Wildman–Crippen MR) is 154 cm³/mol. The van der Waals surface area contributed by atoms with Gasteiger partial charge in [0.2, 0.25) is 0 Å². The lowest BCUT2D eigenvalue weighted by atomic mass is 10.1. The van der Waals surface area contributed by atoms with E-state index in [2.05, 4.69) is 34.1 Å². The first-order valence-electron chi connectivity index (χ1n) is 11.8. The van der Waals surface area contributed by atoms with E-state index >= 15 is 0 Å². The van der Waals surface area contributed by atoms with Crippen LogP contribution in [0.4, 0.5) is 56.9 Å². The van der Waals surface area contributed by atoms with Gasteiger partial charge in [-0.2, -0.15) is 0 Å². The molecular formula is C30H26N6O. The fourth-order valence-corrected chi connectivity index (χ4v) is 4.57. The van der Waals surface area contributed by atoms with Crippen molar-refractivity contribution in [3.63, 3.8) is 0 Å². The van der Waals surface area contributed by atoms with E-state index in [1.54, 1.807) is 0 Å². The molecule has 0 saturated carbocycles. The van der Waals surface area contributed by atoms with E-state index in [4.69, 9.17) is 27.7 Å². The molecule has 0 unspecified atom stereocenters. The molecule has 8 N–H and O–H groups in total. The predicted octanol–water partition coefficient (Wildman–Crippen LogP) is 7.06. The van der Waals surface area contributed by atoms with Crippen LogP contribution in [0.2, 0.25) is 0 Å². The highest BCUT2D eigenvalue weighted by molar-refractivity contribution is 5.89. The van der Waals surface area contributed by atoms with Crippen LogP contribution in [0.25, 0.3) is 0 Å². The Bertz CT molecular complexity index is 1480. The zero-order valence-corrected chi connectivity index (χ0v) is 20.0. The van der Waals surface area contributed by atoms with Crippen LogP contribution in [-0.4, -0.2) is 0 Å². The molecule has 5 aromatic rings. The molecule has 6 rings (SSSR count). The highest BCUT2D eigenvalue weighted by Crippen LogP contribution is 2.51. The number of nitrogen functional groups attached to an aromatic ring is 4. The number of nitrogens with zero attached hydrogens (tertiary/aromatic N) is 2. The van der Waals surface area contributed by atoms with Crippen molar-refractivity contribution in [3.8, 4) is 11.5 Å². The van der Waals surface area contributed by atoms with Gasteiger partial charge in [0.15, 0.2) is 11.5 Å². The Kier molecular flexibility index (Phi) is 5.23. The molecule has 1 aliphatic rings. The van der Waals surface area contributed by atoms with E-state index in [0.29, 0.717) is 34.2 Å². The Balaban J connectivity index is 1.45. The molecule has 0 spiro atoms. The first-order valence-corrected chi connectivity index (χ1v) is 11.8. The average molecular weight is 487 g/mol. The molecule has 0 aromatic heterocycles. The minimum atomic E-state index is 0.629. The van der Waals surface area contributed by atoms with Crippen LogP contribution in [0.1, 0.15) is 0 Å². The second-order valence-electron chi connectivity index (χ2n) is 8.93. The third-order valence-electron chi connectivity index (χ3n) is 6.34. The second kappa shape index (κ2) is 8.73. The molecule has 0 saturated heterocycles. The third kappa shape index (κ3) is 4.08. The lowest BCUT2D eigenvalue weighted by Crippen LogP contribution is -2.16. The molecule has 37 heavy (non-hydrogen) atoms. The van der Waals surface area contributed by atoms with E-state index in [9.17, 15) is 0 Å². The number of ether oxygens (including phenoxy) is 1. The van der Waals surface area contributed by atoms with Crippen molar-refractivity contribution in [2.45, 2.75) is 0 Å². The fraction of sp³-hybridized carbons (Fsp3) is 0. The number of hydrogen-bond donors (Lipinski definition) is 4. The zero-order chi connectivity index (χ0) is 25.5. The summed E-state index contributed by atoms with van der Waals surface area (Å²) in [4.78, 5) is 4.30. The average Bonchev–Trinajstić information content (AvgIpc) is 2.90. The molecule has 182 valence electrons. The highest BCUT2D eigenvalue weighted by Gasteiger charge is 2.26. The van der Waals surface area contributed by atoms with Crippen molar-refractivity contribution in [2.75, 3.05) is 32.7 Å². The monoisotopic (exact) mass is 486 g/mol. The number of rotatable bonds is 4. The lowest BCUT2D eigenvalue weighted by molar-refractivity contribution is 0.477. The standard InChI is InChI=1S/C30H26N6O/c31-19-1-7-23(8-2-19)35(24-9-3-20(32)4-10-24)25-11-13-26(14-12-25)36-27-15-5-21(33)17-29(27)37-30-18-22(34)6-16-28(30)36/h1-18H,31-34H2. The van der Waals surface area contributed by atoms with Crippen molar-refractivity contribution in [1.82, 2.24) is 0 Å². The maximum atomic E-state index is 6.16. The van der Waals surface area contributed by atoms with Gasteiger partial charge in [-0.3, -0.25) is 0 Å². The minimum absolute atomic E-state index is 0.629. The van der Waals surface area contributed by atoms with Crippen LogP contribution < -0.4 is 37.5 Å².